The Bertz CT molecular complexity index is 144. The van der Waals surface area contributed by atoms with Crippen LogP contribution in [0.4, 0.5) is 4.39 Å². The van der Waals surface area contributed by atoms with E-state index in [1.807, 2.05) is 11.9 Å². The molecule has 0 aromatic rings. The fraction of sp³-hybridized carbons (Fsp3) is 1.00. The minimum absolute atomic E-state index is 0.0369. The summed E-state index contributed by atoms with van der Waals surface area (Å²) in [7, 11) is 1.83. The number of hydrogen-bond acceptors (Lipinski definition) is 3. The number of aliphatic hydroxyl groups is 1. The minimum Gasteiger partial charge on any atom is -0.396 e. The number of halogens is 1. The van der Waals surface area contributed by atoms with E-state index in [2.05, 4.69) is 0 Å². The van der Waals surface area contributed by atoms with Crippen molar-refractivity contribution in [3.05, 3.63) is 0 Å². The van der Waals surface area contributed by atoms with Crippen LogP contribution in [-0.4, -0.2) is 48.5 Å². The van der Waals surface area contributed by atoms with E-state index in [0.717, 1.165) is 0 Å². The quantitative estimate of drug-likeness (QED) is 0.567. The van der Waals surface area contributed by atoms with Gasteiger partial charge in [-0.15, -0.1) is 0 Å². The molecule has 1 heterocycles. The minimum atomic E-state index is -1.00. The maximum absolute atomic E-state index is 13.1. The van der Waals surface area contributed by atoms with Crippen LogP contribution in [-0.2, 0) is 0 Å². The van der Waals surface area contributed by atoms with Gasteiger partial charge >= 0.3 is 0 Å². The van der Waals surface area contributed by atoms with Gasteiger partial charge < -0.3 is 15.7 Å². The Kier molecular flexibility index (Phi) is 2.47. The molecule has 1 rings (SSSR count). The van der Waals surface area contributed by atoms with Crippen molar-refractivity contribution in [2.75, 3.05) is 26.7 Å². The number of alkyl halides is 1. The first-order valence-electron chi connectivity index (χ1n) is 3.81. The Morgan fingerprint density at radius 2 is 2.45 bits per heavy atom. The first kappa shape index (κ1) is 8.90. The topological polar surface area (TPSA) is 49.5 Å². The third kappa shape index (κ3) is 1.69. The van der Waals surface area contributed by atoms with Crippen molar-refractivity contribution in [2.24, 2.45) is 5.73 Å². The molecule has 3 N–H and O–H groups in total. The van der Waals surface area contributed by atoms with Gasteiger partial charge in [0, 0.05) is 19.7 Å². The number of likely N-dealkylation sites (tertiary alicyclic amines) is 1. The monoisotopic (exact) mass is 162 g/mol. The number of nitrogens with zero attached hydrogens (tertiary/aromatic N) is 1. The summed E-state index contributed by atoms with van der Waals surface area (Å²) in [6.45, 7) is 0.885. The van der Waals surface area contributed by atoms with Gasteiger partial charge in [-0.1, -0.05) is 0 Å². The van der Waals surface area contributed by atoms with Gasteiger partial charge in [-0.3, -0.25) is 0 Å². The predicted molar refractivity (Wildman–Crippen MR) is 41.0 cm³/mol. The zero-order chi connectivity index (χ0) is 8.48. The Balaban J connectivity index is 2.55. The zero-order valence-corrected chi connectivity index (χ0v) is 6.76. The van der Waals surface area contributed by atoms with Crippen LogP contribution in [0.25, 0.3) is 0 Å². The first-order chi connectivity index (χ1) is 5.08. The molecule has 66 valence electrons. The molecule has 0 aromatic carbocycles. The maximum Gasteiger partial charge on any atom is 0.132 e. The van der Waals surface area contributed by atoms with Crippen LogP contribution >= 0.6 is 0 Å². The number of rotatable bonds is 2. The molecule has 0 aromatic heterocycles. The van der Waals surface area contributed by atoms with E-state index in [0.29, 0.717) is 19.5 Å². The molecule has 0 aliphatic carbocycles. The van der Waals surface area contributed by atoms with Crippen LogP contribution in [0.2, 0.25) is 0 Å². The van der Waals surface area contributed by atoms with E-state index in [-0.39, 0.29) is 6.61 Å². The average Bonchev–Trinajstić information content (AvgIpc) is 2.08. The molecular weight excluding hydrogens is 147 g/mol. The number of likely N-dealkylation sites (N-methyl/N-ethyl adjacent to an activating group) is 1. The van der Waals surface area contributed by atoms with E-state index in [4.69, 9.17) is 10.8 Å². The molecule has 3 nitrogen and oxygen atoms in total. The number of nitrogens with two attached hydrogens (primary N) is 1. The normalized spacial score (nSPS) is 39.8. The van der Waals surface area contributed by atoms with E-state index < -0.39 is 11.7 Å². The van der Waals surface area contributed by atoms with E-state index in [1.54, 1.807) is 0 Å². The Labute approximate surface area is 66.0 Å². The molecule has 0 spiro atoms. The molecule has 2 atom stereocenters. The molecule has 4 heteroatoms. The summed E-state index contributed by atoms with van der Waals surface area (Å²) in [6, 6.07) is 0. The molecule has 1 aliphatic rings. The summed E-state index contributed by atoms with van der Waals surface area (Å²) in [5.74, 6) is 0. The third-order valence-corrected chi connectivity index (χ3v) is 2.24. The largest absolute Gasteiger partial charge is 0.396 e. The first-order valence-corrected chi connectivity index (χ1v) is 3.81. The number of aliphatic hydroxyl groups excluding tert-OH is 1. The number of hydrogen-bond donors (Lipinski definition) is 2. The predicted octanol–water partition coefficient (Wildman–Crippen LogP) is -0.650. The Hall–Kier alpha value is -0.190. The van der Waals surface area contributed by atoms with Crippen molar-refractivity contribution >= 4 is 0 Å². The van der Waals surface area contributed by atoms with Gasteiger partial charge in [0.25, 0.3) is 0 Å². The highest BCUT2D eigenvalue weighted by atomic mass is 19.1. The van der Waals surface area contributed by atoms with E-state index in [1.165, 1.54) is 0 Å². The highest BCUT2D eigenvalue weighted by Crippen LogP contribution is 2.23. The van der Waals surface area contributed by atoms with Crippen molar-refractivity contribution in [1.82, 2.24) is 4.90 Å². The SMILES string of the molecule is CN1C[C@H](F)[C@@](N)(CCO)C1. The van der Waals surface area contributed by atoms with Crippen molar-refractivity contribution in [1.29, 1.82) is 0 Å². The molecular formula is C7H15FN2O. The van der Waals surface area contributed by atoms with Crippen LogP contribution in [0.5, 0.6) is 0 Å². The highest BCUT2D eigenvalue weighted by molar-refractivity contribution is 5.00. The van der Waals surface area contributed by atoms with Crippen LogP contribution < -0.4 is 5.73 Å². The fourth-order valence-corrected chi connectivity index (χ4v) is 1.57. The molecule has 0 amide bonds. The summed E-state index contributed by atoms with van der Waals surface area (Å²) in [4.78, 5) is 1.85. The van der Waals surface area contributed by atoms with Gasteiger partial charge in [0.1, 0.15) is 6.17 Å². The maximum atomic E-state index is 13.1. The van der Waals surface area contributed by atoms with Gasteiger partial charge in [-0.05, 0) is 13.5 Å². The second-order valence-corrected chi connectivity index (χ2v) is 3.37. The van der Waals surface area contributed by atoms with Gasteiger partial charge in [0.2, 0.25) is 0 Å². The summed E-state index contributed by atoms with van der Waals surface area (Å²) < 4.78 is 13.1. The summed E-state index contributed by atoms with van der Waals surface area (Å²) in [5, 5.41) is 8.63. The lowest BCUT2D eigenvalue weighted by atomic mass is 9.94. The standard InChI is InChI=1S/C7H15FN2O/c1-10-4-6(8)7(9,5-10)2-3-11/h6,11H,2-5,9H2,1H3/t6-,7+/m0/s1. The summed E-state index contributed by atoms with van der Waals surface area (Å²) >= 11 is 0. The van der Waals surface area contributed by atoms with Crippen LogP contribution in [0.1, 0.15) is 6.42 Å². The van der Waals surface area contributed by atoms with Crippen molar-refractivity contribution in [3.8, 4) is 0 Å². The second-order valence-electron chi connectivity index (χ2n) is 3.37. The van der Waals surface area contributed by atoms with Gasteiger partial charge in [0.05, 0.1) is 5.54 Å². The molecule has 1 aliphatic heterocycles. The summed E-state index contributed by atoms with van der Waals surface area (Å²) in [6.07, 6.45) is -0.655. The Morgan fingerprint density at radius 3 is 2.82 bits per heavy atom. The van der Waals surface area contributed by atoms with Gasteiger partial charge in [-0.25, -0.2) is 4.39 Å². The van der Waals surface area contributed by atoms with Crippen LogP contribution in [0, 0.1) is 0 Å². The van der Waals surface area contributed by atoms with Crippen molar-refractivity contribution in [2.45, 2.75) is 18.1 Å². The molecule has 1 fully saturated rings. The third-order valence-electron chi connectivity index (χ3n) is 2.24. The van der Waals surface area contributed by atoms with Gasteiger partial charge in [-0.2, -0.15) is 0 Å². The molecule has 0 radical (unpaired) electrons. The average molecular weight is 162 g/mol. The molecule has 0 saturated carbocycles. The molecule has 11 heavy (non-hydrogen) atoms. The van der Waals surface area contributed by atoms with Crippen LogP contribution in [0.15, 0.2) is 0 Å². The highest BCUT2D eigenvalue weighted by Gasteiger charge is 2.42. The van der Waals surface area contributed by atoms with E-state index >= 15 is 0 Å². The van der Waals surface area contributed by atoms with Gasteiger partial charge in [0.15, 0.2) is 0 Å². The van der Waals surface area contributed by atoms with Crippen LogP contribution in [0.3, 0.4) is 0 Å². The second kappa shape index (κ2) is 3.05. The summed E-state index contributed by atoms with van der Waals surface area (Å²) in [5.41, 5.74) is 4.91. The lowest BCUT2D eigenvalue weighted by Gasteiger charge is -2.24. The molecule has 1 saturated heterocycles. The molecule has 0 unspecified atom stereocenters. The van der Waals surface area contributed by atoms with Crippen molar-refractivity contribution in [3.63, 3.8) is 0 Å². The lowest BCUT2D eigenvalue weighted by molar-refractivity contribution is 0.183. The lowest BCUT2D eigenvalue weighted by Crippen LogP contribution is -2.49. The smallest absolute Gasteiger partial charge is 0.132 e. The molecule has 0 bridgehead atoms. The Morgan fingerprint density at radius 1 is 1.82 bits per heavy atom. The fourth-order valence-electron chi connectivity index (χ4n) is 1.57. The van der Waals surface area contributed by atoms with Crippen molar-refractivity contribution < 1.29 is 9.50 Å². The van der Waals surface area contributed by atoms with E-state index in [9.17, 15) is 4.39 Å². The zero-order valence-electron chi connectivity index (χ0n) is 6.76.